The van der Waals surface area contributed by atoms with Gasteiger partial charge in [0.2, 0.25) is 11.9 Å². The molecule has 2 fully saturated rings. The lowest BCUT2D eigenvalue weighted by molar-refractivity contribution is -0.141. The topological polar surface area (TPSA) is 58.0 Å². The van der Waals surface area contributed by atoms with Gasteiger partial charge in [0.1, 0.15) is 5.69 Å². The minimum Gasteiger partial charge on any atom is -0.338 e. The Morgan fingerprint density at radius 2 is 1.74 bits per heavy atom. The molecule has 0 amide bonds. The first-order chi connectivity index (χ1) is 12.7. The molecule has 4 heterocycles. The van der Waals surface area contributed by atoms with Crippen molar-refractivity contribution in [3.05, 3.63) is 35.4 Å². The molecule has 27 heavy (non-hydrogen) atoms. The fourth-order valence-electron chi connectivity index (χ4n) is 4.27. The van der Waals surface area contributed by atoms with Crippen molar-refractivity contribution in [2.45, 2.75) is 45.5 Å². The molecule has 2 aromatic heterocycles. The number of fused-ring (bicyclic) bond motifs is 1. The van der Waals surface area contributed by atoms with Crippen molar-refractivity contribution in [1.29, 1.82) is 0 Å². The molecular formula is C18H21F3N6. The fraction of sp³-hybridized carbons (Fsp3) is 0.556. The van der Waals surface area contributed by atoms with Crippen molar-refractivity contribution in [1.82, 2.24) is 19.9 Å². The lowest BCUT2D eigenvalue weighted by atomic mass is 10.0. The summed E-state index contributed by atoms with van der Waals surface area (Å²) >= 11 is 0. The highest BCUT2D eigenvalue weighted by Crippen LogP contribution is 2.39. The van der Waals surface area contributed by atoms with Gasteiger partial charge in [-0.05, 0) is 39.3 Å². The molecule has 144 valence electrons. The summed E-state index contributed by atoms with van der Waals surface area (Å²) in [6, 6.07) is 2.97. The van der Waals surface area contributed by atoms with E-state index in [-0.39, 0.29) is 18.0 Å². The molecule has 0 spiro atoms. The summed E-state index contributed by atoms with van der Waals surface area (Å²) in [5.41, 5.74) is 0.901. The van der Waals surface area contributed by atoms with E-state index in [4.69, 9.17) is 0 Å². The van der Waals surface area contributed by atoms with Crippen LogP contribution in [-0.4, -0.2) is 45.1 Å². The maximum Gasteiger partial charge on any atom is 0.433 e. The van der Waals surface area contributed by atoms with Crippen LogP contribution >= 0.6 is 0 Å². The van der Waals surface area contributed by atoms with Gasteiger partial charge in [0, 0.05) is 42.6 Å². The van der Waals surface area contributed by atoms with E-state index in [1.54, 1.807) is 0 Å². The highest BCUT2D eigenvalue weighted by molar-refractivity contribution is 5.44. The number of aryl methyl sites for hydroxylation is 2. The van der Waals surface area contributed by atoms with Crippen LogP contribution in [0.4, 0.5) is 25.1 Å². The first-order valence-corrected chi connectivity index (χ1v) is 8.98. The lowest BCUT2D eigenvalue weighted by Gasteiger charge is -2.29. The van der Waals surface area contributed by atoms with Crippen LogP contribution < -0.4 is 9.80 Å². The first kappa shape index (κ1) is 17.9. The van der Waals surface area contributed by atoms with Crippen LogP contribution in [0.1, 0.15) is 30.4 Å². The molecule has 9 heteroatoms. The van der Waals surface area contributed by atoms with Gasteiger partial charge in [-0.25, -0.2) is 19.9 Å². The number of halogens is 3. The minimum atomic E-state index is -4.48. The second kappa shape index (κ2) is 6.31. The Kier molecular flexibility index (Phi) is 4.20. The first-order valence-electron chi connectivity index (χ1n) is 8.98. The molecule has 0 bridgehead atoms. The Labute approximate surface area is 155 Å². The smallest absolute Gasteiger partial charge is 0.338 e. The number of anilines is 2. The highest BCUT2D eigenvalue weighted by atomic mass is 19.4. The number of hydrogen-bond donors (Lipinski definition) is 0. The van der Waals surface area contributed by atoms with Crippen LogP contribution in [-0.2, 0) is 6.18 Å². The normalized spacial score (nSPS) is 25.2. The average Bonchev–Trinajstić information content (AvgIpc) is 3.09. The standard InChI is InChI=1S/C18H21F3N6/c1-10-6-11(2)24-17(23-10)26-8-13-7-12(3)27(14(13)9-26)16-22-5-4-15(25-16)18(19,20)21/h4-6,12-14H,7-9H2,1-3H3. The van der Waals surface area contributed by atoms with Gasteiger partial charge in [-0.1, -0.05) is 0 Å². The van der Waals surface area contributed by atoms with Gasteiger partial charge in [-0.3, -0.25) is 0 Å². The van der Waals surface area contributed by atoms with E-state index < -0.39 is 11.9 Å². The molecule has 2 aromatic rings. The zero-order valence-electron chi connectivity index (χ0n) is 15.4. The number of rotatable bonds is 2. The quantitative estimate of drug-likeness (QED) is 0.801. The third-order valence-electron chi connectivity index (χ3n) is 5.30. The van der Waals surface area contributed by atoms with E-state index in [0.29, 0.717) is 18.4 Å². The average molecular weight is 378 g/mol. The summed E-state index contributed by atoms with van der Waals surface area (Å²) in [5.74, 6) is 1.15. The van der Waals surface area contributed by atoms with Gasteiger partial charge in [-0.2, -0.15) is 13.2 Å². The highest BCUT2D eigenvalue weighted by Gasteiger charge is 2.47. The van der Waals surface area contributed by atoms with E-state index >= 15 is 0 Å². The molecular weight excluding hydrogens is 357 g/mol. The van der Waals surface area contributed by atoms with Crippen LogP contribution in [0.15, 0.2) is 18.3 Å². The van der Waals surface area contributed by atoms with Gasteiger partial charge in [0.05, 0.1) is 6.04 Å². The zero-order chi connectivity index (χ0) is 19.3. The summed E-state index contributed by atoms with van der Waals surface area (Å²) in [4.78, 5) is 21.0. The van der Waals surface area contributed by atoms with E-state index in [9.17, 15) is 13.2 Å². The molecule has 3 unspecified atom stereocenters. The molecule has 3 atom stereocenters. The predicted octanol–water partition coefficient (Wildman–Crippen LogP) is 3.01. The third kappa shape index (κ3) is 3.30. The monoisotopic (exact) mass is 378 g/mol. The van der Waals surface area contributed by atoms with E-state index in [2.05, 4.69) is 24.8 Å². The Morgan fingerprint density at radius 3 is 2.41 bits per heavy atom. The van der Waals surface area contributed by atoms with Crippen molar-refractivity contribution in [2.24, 2.45) is 5.92 Å². The molecule has 6 nitrogen and oxygen atoms in total. The molecule has 2 aliphatic rings. The van der Waals surface area contributed by atoms with Crippen LogP contribution in [0.2, 0.25) is 0 Å². The van der Waals surface area contributed by atoms with Crippen LogP contribution in [0.25, 0.3) is 0 Å². The van der Waals surface area contributed by atoms with Crippen molar-refractivity contribution in [2.75, 3.05) is 22.9 Å². The maximum absolute atomic E-state index is 13.0. The van der Waals surface area contributed by atoms with Crippen molar-refractivity contribution in [3.8, 4) is 0 Å². The van der Waals surface area contributed by atoms with Crippen LogP contribution in [0.5, 0.6) is 0 Å². The summed E-state index contributed by atoms with van der Waals surface area (Å²) in [6.07, 6.45) is -2.41. The lowest BCUT2D eigenvalue weighted by Crippen LogP contribution is -2.40. The molecule has 4 rings (SSSR count). The molecule has 2 aliphatic heterocycles. The Balaban J connectivity index is 1.61. The Hall–Kier alpha value is -2.45. The number of aromatic nitrogens is 4. The molecule has 0 radical (unpaired) electrons. The van der Waals surface area contributed by atoms with Crippen LogP contribution in [0.3, 0.4) is 0 Å². The third-order valence-corrected chi connectivity index (χ3v) is 5.30. The molecule has 0 aromatic carbocycles. The van der Waals surface area contributed by atoms with Gasteiger partial charge < -0.3 is 9.80 Å². The summed E-state index contributed by atoms with van der Waals surface area (Å²) in [7, 11) is 0. The van der Waals surface area contributed by atoms with Gasteiger partial charge in [0.25, 0.3) is 0 Å². The summed E-state index contributed by atoms with van der Waals surface area (Å²) in [6.45, 7) is 7.31. The SMILES string of the molecule is Cc1cc(C)nc(N2CC3CC(C)N(c4nccc(C(F)(F)F)n4)C3C2)n1. The van der Waals surface area contributed by atoms with Gasteiger partial charge in [0.15, 0.2) is 0 Å². The molecule has 2 saturated heterocycles. The van der Waals surface area contributed by atoms with Gasteiger partial charge >= 0.3 is 6.18 Å². The second-order valence-electron chi connectivity index (χ2n) is 7.41. The number of nitrogens with zero attached hydrogens (tertiary/aromatic N) is 6. The number of hydrogen-bond acceptors (Lipinski definition) is 6. The Morgan fingerprint density at radius 1 is 1.04 bits per heavy atom. The van der Waals surface area contributed by atoms with Crippen molar-refractivity contribution in [3.63, 3.8) is 0 Å². The molecule has 0 aliphatic carbocycles. The van der Waals surface area contributed by atoms with E-state index in [1.807, 2.05) is 31.7 Å². The predicted molar refractivity (Wildman–Crippen MR) is 94.6 cm³/mol. The second-order valence-corrected chi connectivity index (χ2v) is 7.41. The molecule has 0 N–H and O–H groups in total. The zero-order valence-corrected chi connectivity index (χ0v) is 15.4. The van der Waals surface area contributed by atoms with Gasteiger partial charge in [-0.15, -0.1) is 0 Å². The summed E-state index contributed by atoms with van der Waals surface area (Å²) in [5, 5.41) is 0. The minimum absolute atomic E-state index is 0.0490. The van der Waals surface area contributed by atoms with E-state index in [1.165, 1.54) is 6.20 Å². The van der Waals surface area contributed by atoms with Crippen molar-refractivity contribution < 1.29 is 13.2 Å². The van der Waals surface area contributed by atoms with Crippen molar-refractivity contribution >= 4 is 11.9 Å². The fourth-order valence-corrected chi connectivity index (χ4v) is 4.27. The van der Waals surface area contributed by atoms with E-state index in [0.717, 1.165) is 30.4 Å². The van der Waals surface area contributed by atoms with Crippen LogP contribution in [0, 0.1) is 19.8 Å². The number of alkyl halides is 3. The maximum atomic E-state index is 13.0. The molecule has 0 saturated carbocycles. The largest absolute Gasteiger partial charge is 0.433 e. The Bertz CT molecular complexity index is 835. The summed E-state index contributed by atoms with van der Waals surface area (Å²) < 4.78 is 39.1.